The second kappa shape index (κ2) is 4.91. The van der Waals surface area contributed by atoms with Gasteiger partial charge >= 0.3 is 0 Å². The third kappa shape index (κ3) is 3.36. The molecule has 0 radical (unpaired) electrons. The summed E-state index contributed by atoms with van der Waals surface area (Å²) in [6.45, 7) is 8.36. The van der Waals surface area contributed by atoms with E-state index < -0.39 is 0 Å². The molecular weight excluding hydrogens is 174 g/mol. The average Bonchev–Trinajstić information content (AvgIpc) is 1.96. The molecule has 0 aromatic carbocycles. The molecule has 1 aliphatic rings. The molecule has 0 aromatic heterocycles. The van der Waals surface area contributed by atoms with Crippen LogP contribution in [0, 0.1) is 0 Å². The molecule has 0 saturated heterocycles. The fourth-order valence-corrected chi connectivity index (χ4v) is 2.51. The van der Waals surface area contributed by atoms with Crippen LogP contribution in [0.1, 0.15) is 6.92 Å². The fourth-order valence-electron chi connectivity index (χ4n) is 0.811. The Labute approximate surface area is 77.1 Å². The SMILES string of the molecule is C=C1/C=C\SCCN(CC)S1. The fraction of sp³-hybridized carbons (Fsp3) is 0.500. The van der Waals surface area contributed by atoms with Crippen molar-refractivity contribution in [2.75, 3.05) is 18.8 Å². The first-order valence-corrected chi connectivity index (χ1v) is 5.55. The molecule has 0 saturated carbocycles. The Balaban J connectivity index is 2.48. The van der Waals surface area contributed by atoms with Crippen LogP contribution in [0.25, 0.3) is 0 Å². The maximum atomic E-state index is 3.94. The minimum atomic E-state index is 1.10. The molecular formula is C8H13NS2. The van der Waals surface area contributed by atoms with E-state index >= 15 is 0 Å². The lowest BCUT2D eigenvalue weighted by Gasteiger charge is -2.19. The molecule has 0 unspecified atom stereocenters. The topological polar surface area (TPSA) is 3.24 Å². The highest BCUT2D eigenvalue weighted by atomic mass is 32.2. The van der Waals surface area contributed by atoms with Crippen LogP contribution in [0.3, 0.4) is 0 Å². The number of allylic oxidation sites excluding steroid dienone is 1. The summed E-state index contributed by atoms with van der Waals surface area (Å²) in [7, 11) is 0. The number of nitrogens with zero attached hydrogens (tertiary/aromatic N) is 1. The van der Waals surface area contributed by atoms with E-state index in [2.05, 4.69) is 29.3 Å². The van der Waals surface area contributed by atoms with E-state index in [0.29, 0.717) is 0 Å². The van der Waals surface area contributed by atoms with Crippen LogP contribution in [-0.2, 0) is 0 Å². The number of thioether (sulfide) groups is 1. The third-order valence-electron chi connectivity index (χ3n) is 1.41. The molecule has 1 rings (SSSR count). The van der Waals surface area contributed by atoms with Gasteiger partial charge < -0.3 is 0 Å². The van der Waals surface area contributed by atoms with Gasteiger partial charge in [0.05, 0.1) is 0 Å². The molecule has 62 valence electrons. The molecule has 0 fully saturated rings. The Morgan fingerprint density at radius 1 is 1.73 bits per heavy atom. The van der Waals surface area contributed by atoms with Crippen molar-refractivity contribution in [3.63, 3.8) is 0 Å². The average molecular weight is 187 g/mol. The van der Waals surface area contributed by atoms with Crippen molar-refractivity contribution in [2.24, 2.45) is 0 Å². The van der Waals surface area contributed by atoms with E-state index in [4.69, 9.17) is 0 Å². The van der Waals surface area contributed by atoms with Crippen molar-refractivity contribution in [1.29, 1.82) is 0 Å². The highest BCUT2D eigenvalue weighted by Gasteiger charge is 2.05. The Morgan fingerprint density at radius 2 is 2.55 bits per heavy atom. The third-order valence-corrected chi connectivity index (χ3v) is 3.22. The van der Waals surface area contributed by atoms with Crippen molar-refractivity contribution in [1.82, 2.24) is 4.31 Å². The van der Waals surface area contributed by atoms with Gasteiger partial charge in [-0.3, -0.25) is 0 Å². The molecule has 0 N–H and O–H groups in total. The lowest BCUT2D eigenvalue weighted by Crippen LogP contribution is -2.18. The highest BCUT2D eigenvalue weighted by Crippen LogP contribution is 2.24. The summed E-state index contributed by atoms with van der Waals surface area (Å²) in [6, 6.07) is 0. The molecule has 0 bridgehead atoms. The van der Waals surface area contributed by atoms with Gasteiger partial charge in [-0.15, -0.1) is 11.8 Å². The van der Waals surface area contributed by atoms with Gasteiger partial charge in [0.15, 0.2) is 0 Å². The van der Waals surface area contributed by atoms with Gasteiger partial charge in [0, 0.05) is 23.7 Å². The van der Waals surface area contributed by atoms with Crippen LogP contribution in [0.4, 0.5) is 0 Å². The van der Waals surface area contributed by atoms with Crippen molar-refractivity contribution in [3.8, 4) is 0 Å². The largest absolute Gasteiger partial charge is 0.246 e. The van der Waals surface area contributed by atoms with E-state index in [0.717, 1.165) is 18.0 Å². The van der Waals surface area contributed by atoms with Gasteiger partial charge in [0.1, 0.15) is 0 Å². The highest BCUT2D eigenvalue weighted by molar-refractivity contribution is 8.03. The number of hydrogen-bond donors (Lipinski definition) is 0. The van der Waals surface area contributed by atoms with Gasteiger partial charge in [0.25, 0.3) is 0 Å². The van der Waals surface area contributed by atoms with Crippen LogP contribution in [0.15, 0.2) is 23.0 Å². The second-order valence-corrected chi connectivity index (χ2v) is 4.49. The van der Waals surface area contributed by atoms with E-state index in [-0.39, 0.29) is 0 Å². The smallest absolute Gasteiger partial charge is 0.0187 e. The first-order valence-electron chi connectivity index (χ1n) is 3.73. The van der Waals surface area contributed by atoms with Crippen LogP contribution >= 0.6 is 23.7 Å². The summed E-state index contributed by atoms with van der Waals surface area (Å²) < 4.78 is 2.33. The summed E-state index contributed by atoms with van der Waals surface area (Å²) in [4.78, 5) is 1.14. The lowest BCUT2D eigenvalue weighted by molar-refractivity contribution is 0.531. The molecule has 3 heteroatoms. The summed E-state index contributed by atoms with van der Waals surface area (Å²) in [5.41, 5.74) is 0. The van der Waals surface area contributed by atoms with Crippen LogP contribution in [-0.4, -0.2) is 23.1 Å². The predicted octanol–water partition coefficient (Wildman–Crippen LogP) is 2.73. The normalized spacial score (nSPS) is 24.3. The number of hydrogen-bond acceptors (Lipinski definition) is 3. The van der Waals surface area contributed by atoms with Crippen LogP contribution in [0.2, 0.25) is 0 Å². The zero-order valence-corrected chi connectivity index (χ0v) is 8.38. The summed E-state index contributed by atoms with van der Waals surface area (Å²) >= 11 is 3.61. The van der Waals surface area contributed by atoms with E-state index in [1.807, 2.05) is 11.8 Å². The zero-order valence-electron chi connectivity index (χ0n) is 6.75. The quantitative estimate of drug-likeness (QED) is 0.581. The lowest BCUT2D eigenvalue weighted by atomic mass is 10.6. The first-order chi connectivity index (χ1) is 5.33. The molecule has 0 aromatic rings. The predicted molar refractivity (Wildman–Crippen MR) is 55.6 cm³/mol. The van der Waals surface area contributed by atoms with Crippen LogP contribution < -0.4 is 0 Å². The summed E-state index contributed by atoms with van der Waals surface area (Å²) in [6.07, 6.45) is 2.08. The molecule has 0 aliphatic carbocycles. The van der Waals surface area contributed by atoms with Gasteiger partial charge in [0.2, 0.25) is 0 Å². The van der Waals surface area contributed by atoms with E-state index in [1.165, 1.54) is 5.75 Å². The molecule has 1 heterocycles. The van der Waals surface area contributed by atoms with E-state index in [9.17, 15) is 0 Å². The molecule has 0 spiro atoms. The van der Waals surface area contributed by atoms with Crippen molar-refractivity contribution < 1.29 is 0 Å². The Bertz CT molecular complexity index is 165. The van der Waals surface area contributed by atoms with Crippen molar-refractivity contribution in [2.45, 2.75) is 6.92 Å². The standard InChI is InChI=1S/C8H13NS2/c1-3-9-5-7-10-6-4-8(2)11-9/h4,6H,2-3,5,7H2,1H3/b6-4-. The van der Waals surface area contributed by atoms with Gasteiger partial charge in [-0.05, 0) is 23.4 Å². The molecule has 1 aliphatic heterocycles. The summed E-state index contributed by atoms with van der Waals surface area (Å²) in [5, 5.41) is 2.13. The minimum Gasteiger partial charge on any atom is -0.246 e. The second-order valence-electron chi connectivity index (χ2n) is 2.25. The minimum absolute atomic E-state index is 1.10. The Morgan fingerprint density at radius 3 is 3.27 bits per heavy atom. The molecule has 0 atom stereocenters. The van der Waals surface area contributed by atoms with Crippen molar-refractivity contribution >= 4 is 23.7 Å². The Kier molecular flexibility index (Phi) is 4.12. The number of rotatable bonds is 1. The maximum Gasteiger partial charge on any atom is 0.0187 e. The van der Waals surface area contributed by atoms with Gasteiger partial charge in [-0.2, -0.15) is 0 Å². The molecule has 0 amide bonds. The maximum absolute atomic E-state index is 3.94. The summed E-state index contributed by atoms with van der Waals surface area (Å²) in [5.74, 6) is 1.19. The van der Waals surface area contributed by atoms with E-state index in [1.54, 1.807) is 11.9 Å². The molecule has 11 heavy (non-hydrogen) atoms. The zero-order chi connectivity index (χ0) is 8.10. The van der Waals surface area contributed by atoms with Crippen LogP contribution in [0.5, 0.6) is 0 Å². The monoisotopic (exact) mass is 187 g/mol. The van der Waals surface area contributed by atoms with Gasteiger partial charge in [-0.1, -0.05) is 13.5 Å². The molecule has 1 nitrogen and oxygen atoms in total. The Hall–Kier alpha value is 0.140. The van der Waals surface area contributed by atoms with Gasteiger partial charge in [-0.25, -0.2) is 4.31 Å². The van der Waals surface area contributed by atoms with Crippen molar-refractivity contribution in [3.05, 3.63) is 23.0 Å². The first kappa shape index (κ1) is 9.23.